The van der Waals surface area contributed by atoms with Crippen LogP contribution < -0.4 is 4.74 Å². The van der Waals surface area contributed by atoms with E-state index in [1.165, 1.54) is 30.6 Å². The van der Waals surface area contributed by atoms with Crippen LogP contribution in [0.1, 0.15) is 5.69 Å². The van der Waals surface area contributed by atoms with Crippen LogP contribution >= 0.6 is 22.9 Å². The number of rotatable bonds is 6. The van der Waals surface area contributed by atoms with Crippen molar-refractivity contribution >= 4 is 43.5 Å². The highest BCUT2D eigenvalue weighted by molar-refractivity contribution is 7.90. The van der Waals surface area contributed by atoms with Gasteiger partial charge in [-0.15, -0.1) is 11.3 Å². The standard InChI is InChI=1S/C26H18ClFN2O3S2/c1-33-25-12-22(16-3-2-4-18(28)9-16)24(27)11-23(25)26-21-6-5-20(10-17(21)7-8-29-26)35(31,32)14-19-13-34-15-30-19/h2-13,15H,14H2,1H3. The molecule has 2 aromatic heterocycles. The van der Waals surface area contributed by atoms with Crippen LogP contribution in [-0.2, 0) is 15.6 Å². The summed E-state index contributed by atoms with van der Waals surface area (Å²) in [4.78, 5) is 8.84. The molecule has 0 saturated carbocycles. The van der Waals surface area contributed by atoms with Crippen LogP contribution in [0.2, 0.25) is 5.02 Å². The zero-order chi connectivity index (χ0) is 24.6. The lowest BCUT2D eigenvalue weighted by molar-refractivity contribution is 0.416. The highest BCUT2D eigenvalue weighted by atomic mass is 35.5. The van der Waals surface area contributed by atoms with Gasteiger partial charge in [0, 0.05) is 33.1 Å². The Balaban J connectivity index is 1.60. The van der Waals surface area contributed by atoms with Crippen molar-refractivity contribution in [1.82, 2.24) is 9.97 Å². The Bertz CT molecular complexity index is 1660. The van der Waals surface area contributed by atoms with Crippen molar-refractivity contribution in [2.45, 2.75) is 10.6 Å². The van der Waals surface area contributed by atoms with E-state index in [0.717, 1.165) is 5.39 Å². The van der Waals surface area contributed by atoms with E-state index < -0.39 is 9.84 Å². The molecule has 2 heterocycles. The molecule has 0 bridgehead atoms. The summed E-state index contributed by atoms with van der Waals surface area (Å²) in [5, 5.41) is 3.59. The second-order valence-electron chi connectivity index (χ2n) is 7.82. The summed E-state index contributed by atoms with van der Waals surface area (Å²) in [5.41, 5.74) is 4.62. The molecule has 0 N–H and O–H groups in total. The second-order valence-corrected chi connectivity index (χ2v) is 10.9. The molecule has 0 radical (unpaired) electrons. The molecule has 3 aromatic carbocycles. The average molecular weight is 525 g/mol. The van der Waals surface area contributed by atoms with Crippen LogP contribution in [-0.4, -0.2) is 25.5 Å². The number of methoxy groups -OCH3 is 1. The number of hydrogen-bond acceptors (Lipinski definition) is 6. The lowest BCUT2D eigenvalue weighted by atomic mass is 9.98. The van der Waals surface area contributed by atoms with Gasteiger partial charge in [-0.2, -0.15) is 0 Å². The summed E-state index contributed by atoms with van der Waals surface area (Å²) in [7, 11) is -2.03. The first-order valence-corrected chi connectivity index (χ1v) is 13.5. The first-order chi connectivity index (χ1) is 16.9. The van der Waals surface area contributed by atoms with Gasteiger partial charge in [-0.05, 0) is 53.4 Å². The van der Waals surface area contributed by atoms with Crippen LogP contribution in [0.4, 0.5) is 4.39 Å². The SMILES string of the molecule is COc1cc(-c2cccc(F)c2)c(Cl)cc1-c1nccc2cc(S(=O)(=O)Cc3cscn3)ccc12. The molecule has 0 aliphatic heterocycles. The summed E-state index contributed by atoms with van der Waals surface area (Å²) < 4.78 is 45.3. The molecule has 0 amide bonds. The smallest absolute Gasteiger partial charge is 0.184 e. The summed E-state index contributed by atoms with van der Waals surface area (Å²) in [6.07, 6.45) is 1.61. The fraction of sp³-hybridized carbons (Fsp3) is 0.0769. The van der Waals surface area contributed by atoms with Gasteiger partial charge in [0.25, 0.3) is 0 Å². The van der Waals surface area contributed by atoms with Gasteiger partial charge in [-0.3, -0.25) is 4.98 Å². The molecule has 5 rings (SSSR count). The summed E-state index contributed by atoms with van der Waals surface area (Å²) >= 11 is 7.97. The van der Waals surface area contributed by atoms with Gasteiger partial charge in [0.1, 0.15) is 11.6 Å². The molecular formula is C26H18ClFN2O3S2. The van der Waals surface area contributed by atoms with E-state index in [9.17, 15) is 12.8 Å². The van der Waals surface area contributed by atoms with E-state index in [1.54, 1.807) is 65.6 Å². The van der Waals surface area contributed by atoms with Crippen LogP contribution in [0, 0.1) is 5.82 Å². The Hall–Kier alpha value is -3.33. The topological polar surface area (TPSA) is 69.2 Å². The van der Waals surface area contributed by atoms with Crippen molar-refractivity contribution in [1.29, 1.82) is 0 Å². The molecule has 176 valence electrons. The highest BCUT2D eigenvalue weighted by Gasteiger charge is 2.20. The number of thiazole rings is 1. The van der Waals surface area contributed by atoms with Crippen molar-refractivity contribution < 1.29 is 17.5 Å². The van der Waals surface area contributed by atoms with E-state index in [0.29, 0.717) is 44.2 Å². The number of pyridine rings is 1. The molecule has 0 aliphatic carbocycles. The van der Waals surface area contributed by atoms with Crippen molar-refractivity contribution in [3.8, 4) is 28.1 Å². The summed E-state index contributed by atoms with van der Waals surface area (Å²) in [5.74, 6) is -0.0166. The molecule has 0 fully saturated rings. The molecule has 0 aliphatic rings. The van der Waals surface area contributed by atoms with Crippen molar-refractivity contribution in [3.05, 3.63) is 94.3 Å². The number of halogens is 2. The fourth-order valence-corrected chi connectivity index (χ4v) is 6.17. The Morgan fingerprint density at radius 1 is 1.03 bits per heavy atom. The van der Waals surface area contributed by atoms with Crippen LogP contribution in [0.5, 0.6) is 5.75 Å². The Morgan fingerprint density at radius 2 is 1.89 bits per heavy atom. The zero-order valence-corrected chi connectivity index (χ0v) is 20.8. The van der Waals surface area contributed by atoms with E-state index in [1.807, 2.05) is 0 Å². The predicted molar refractivity (Wildman–Crippen MR) is 137 cm³/mol. The van der Waals surface area contributed by atoms with Crippen LogP contribution in [0.15, 0.2) is 82.6 Å². The molecule has 0 spiro atoms. The Kier molecular flexibility index (Phi) is 6.27. The van der Waals surface area contributed by atoms with Crippen molar-refractivity contribution in [2.24, 2.45) is 0 Å². The molecule has 9 heteroatoms. The maximum absolute atomic E-state index is 13.8. The van der Waals surface area contributed by atoms with Gasteiger partial charge in [0.15, 0.2) is 9.84 Å². The lowest BCUT2D eigenvalue weighted by Gasteiger charge is -2.15. The number of nitrogens with zero attached hydrogens (tertiary/aromatic N) is 2. The van der Waals surface area contributed by atoms with Crippen LogP contribution in [0.3, 0.4) is 0 Å². The zero-order valence-electron chi connectivity index (χ0n) is 18.4. The van der Waals surface area contributed by atoms with Crippen molar-refractivity contribution in [3.63, 3.8) is 0 Å². The highest BCUT2D eigenvalue weighted by Crippen LogP contribution is 2.41. The van der Waals surface area contributed by atoms with Gasteiger partial charge >= 0.3 is 0 Å². The third-order valence-corrected chi connectivity index (χ3v) is 8.19. The maximum atomic E-state index is 13.8. The lowest BCUT2D eigenvalue weighted by Crippen LogP contribution is -2.05. The number of fused-ring (bicyclic) bond motifs is 1. The number of hydrogen-bond donors (Lipinski definition) is 0. The van der Waals surface area contributed by atoms with Crippen LogP contribution in [0.25, 0.3) is 33.2 Å². The maximum Gasteiger partial charge on any atom is 0.184 e. The quantitative estimate of drug-likeness (QED) is 0.244. The monoisotopic (exact) mass is 524 g/mol. The normalized spacial score (nSPS) is 11.6. The van der Waals surface area contributed by atoms with Gasteiger partial charge in [0.05, 0.1) is 34.7 Å². The first-order valence-electron chi connectivity index (χ1n) is 10.5. The molecular weight excluding hydrogens is 507 g/mol. The minimum atomic E-state index is -3.56. The number of aromatic nitrogens is 2. The molecule has 35 heavy (non-hydrogen) atoms. The van der Waals surface area contributed by atoms with Crippen molar-refractivity contribution in [2.75, 3.05) is 7.11 Å². The molecule has 0 saturated heterocycles. The summed E-state index contributed by atoms with van der Waals surface area (Å²) in [6, 6.07) is 16.4. The van der Waals surface area contributed by atoms with Gasteiger partial charge < -0.3 is 4.74 Å². The number of ether oxygens (including phenoxy) is 1. The van der Waals surface area contributed by atoms with Gasteiger partial charge in [0.2, 0.25) is 0 Å². The van der Waals surface area contributed by atoms with E-state index in [2.05, 4.69) is 9.97 Å². The number of benzene rings is 3. The summed E-state index contributed by atoms with van der Waals surface area (Å²) in [6.45, 7) is 0. The molecule has 5 nitrogen and oxygen atoms in total. The minimum Gasteiger partial charge on any atom is -0.496 e. The first kappa shape index (κ1) is 23.4. The van der Waals surface area contributed by atoms with E-state index in [4.69, 9.17) is 16.3 Å². The molecule has 5 aromatic rings. The Labute approximate surface area is 210 Å². The third kappa shape index (κ3) is 4.65. The Morgan fingerprint density at radius 3 is 2.63 bits per heavy atom. The van der Waals surface area contributed by atoms with E-state index in [-0.39, 0.29) is 16.5 Å². The fourth-order valence-electron chi connectivity index (χ4n) is 3.94. The second kappa shape index (κ2) is 9.37. The molecule has 0 atom stereocenters. The van der Waals surface area contributed by atoms with Gasteiger partial charge in [-0.25, -0.2) is 17.8 Å². The minimum absolute atomic E-state index is 0.162. The predicted octanol–water partition coefficient (Wildman–Crippen LogP) is 6.80. The van der Waals surface area contributed by atoms with E-state index >= 15 is 0 Å². The number of sulfone groups is 1. The molecule has 0 unspecified atom stereocenters. The average Bonchev–Trinajstić information content (AvgIpc) is 3.35. The third-order valence-electron chi connectivity index (χ3n) is 5.60. The largest absolute Gasteiger partial charge is 0.496 e. The van der Waals surface area contributed by atoms with Gasteiger partial charge in [-0.1, -0.05) is 29.8 Å².